The van der Waals surface area contributed by atoms with E-state index in [-0.39, 0.29) is 0 Å². The number of thioether (sulfide) groups is 1. The molecule has 2 rings (SSSR count). The summed E-state index contributed by atoms with van der Waals surface area (Å²) in [7, 11) is 0. The van der Waals surface area contributed by atoms with Gasteiger partial charge in [0.2, 0.25) is 0 Å². The smallest absolute Gasteiger partial charge is 0.345 e. The molecule has 0 aromatic carbocycles. The van der Waals surface area contributed by atoms with E-state index in [0.29, 0.717) is 16.5 Å². The summed E-state index contributed by atoms with van der Waals surface area (Å²) in [5, 5.41) is 14.9. The molecular formula is C12H15N3O2S2. The lowest BCUT2D eigenvalue weighted by atomic mass is 10.2. The Morgan fingerprint density at radius 3 is 3.00 bits per heavy atom. The standard InChI is InChI=1S/C12H15N3O2S2/c1-8(2)4-15-11(13-7-14-15)6-18-9-3-10(12(16)17)19-5-9/h3,5,7-8H,4,6H2,1-2H3,(H,16,17). The van der Waals surface area contributed by atoms with Gasteiger partial charge in [-0.15, -0.1) is 23.1 Å². The lowest BCUT2D eigenvalue weighted by Gasteiger charge is -2.07. The molecule has 1 N–H and O–H groups in total. The van der Waals surface area contributed by atoms with Gasteiger partial charge >= 0.3 is 5.97 Å². The lowest BCUT2D eigenvalue weighted by molar-refractivity contribution is 0.0702. The molecule has 0 aliphatic rings. The van der Waals surface area contributed by atoms with Gasteiger partial charge in [-0.1, -0.05) is 13.8 Å². The van der Waals surface area contributed by atoms with Gasteiger partial charge in [-0.05, 0) is 12.0 Å². The number of hydrogen-bond donors (Lipinski definition) is 1. The van der Waals surface area contributed by atoms with Gasteiger partial charge in [0, 0.05) is 16.8 Å². The Kier molecular flexibility index (Phi) is 4.60. The summed E-state index contributed by atoms with van der Waals surface area (Å²) in [6.07, 6.45) is 1.56. The van der Waals surface area contributed by atoms with E-state index < -0.39 is 5.97 Å². The molecular weight excluding hydrogens is 282 g/mol. The van der Waals surface area contributed by atoms with Crippen LogP contribution in [0.5, 0.6) is 0 Å². The summed E-state index contributed by atoms with van der Waals surface area (Å²) >= 11 is 2.83. The van der Waals surface area contributed by atoms with E-state index >= 15 is 0 Å². The van der Waals surface area contributed by atoms with Crippen molar-refractivity contribution in [3.8, 4) is 0 Å². The molecule has 2 aromatic heterocycles. The summed E-state index contributed by atoms with van der Waals surface area (Å²) in [5.74, 6) is 1.26. The third kappa shape index (κ3) is 3.81. The Morgan fingerprint density at radius 2 is 2.37 bits per heavy atom. The molecule has 7 heteroatoms. The van der Waals surface area contributed by atoms with Crippen LogP contribution in [0, 0.1) is 5.92 Å². The van der Waals surface area contributed by atoms with Crippen LogP contribution in [0.2, 0.25) is 0 Å². The van der Waals surface area contributed by atoms with Gasteiger partial charge in [0.05, 0.1) is 5.75 Å². The highest BCUT2D eigenvalue weighted by atomic mass is 32.2. The number of aromatic nitrogens is 3. The maximum Gasteiger partial charge on any atom is 0.345 e. The van der Waals surface area contributed by atoms with E-state index in [1.807, 2.05) is 10.1 Å². The molecule has 2 heterocycles. The van der Waals surface area contributed by atoms with Crippen molar-refractivity contribution in [1.29, 1.82) is 0 Å². The molecule has 0 bridgehead atoms. The maximum atomic E-state index is 10.8. The molecule has 0 spiro atoms. The predicted octanol–water partition coefficient (Wildman–Crippen LogP) is 2.99. The molecule has 102 valence electrons. The molecule has 0 aliphatic carbocycles. The van der Waals surface area contributed by atoms with Gasteiger partial charge in [-0.2, -0.15) is 5.10 Å². The van der Waals surface area contributed by atoms with Gasteiger partial charge in [0.1, 0.15) is 17.0 Å². The minimum absolute atomic E-state index is 0.367. The van der Waals surface area contributed by atoms with Crippen molar-refractivity contribution in [3.63, 3.8) is 0 Å². The van der Waals surface area contributed by atoms with Crippen molar-refractivity contribution in [2.75, 3.05) is 0 Å². The Hall–Kier alpha value is -1.34. The fraction of sp³-hybridized carbons (Fsp3) is 0.417. The van der Waals surface area contributed by atoms with Crippen molar-refractivity contribution in [1.82, 2.24) is 14.8 Å². The van der Waals surface area contributed by atoms with Crippen LogP contribution in [-0.4, -0.2) is 25.8 Å². The first-order chi connectivity index (χ1) is 9.06. The van der Waals surface area contributed by atoms with Gasteiger partial charge < -0.3 is 5.11 Å². The number of rotatable bonds is 6. The molecule has 0 radical (unpaired) electrons. The molecule has 5 nitrogen and oxygen atoms in total. The number of carboxylic acids is 1. The Morgan fingerprint density at radius 1 is 1.58 bits per heavy atom. The summed E-state index contributed by atoms with van der Waals surface area (Å²) in [6.45, 7) is 5.12. The van der Waals surface area contributed by atoms with Gasteiger partial charge in [-0.3, -0.25) is 0 Å². The lowest BCUT2D eigenvalue weighted by Crippen LogP contribution is -2.09. The molecule has 0 amide bonds. The first-order valence-electron chi connectivity index (χ1n) is 5.87. The van der Waals surface area contributed by atoms with Crippen molar-refractivity contribution in [3.05, 3.63) is 28.5 Å². The zero-order valence-corrected chi connectivity index (χ0v) is 12.4. The van der Waals surface area contributed by atoms with E-state index in [0.717, 1.165) is 17.3 Å². The molecule has 0 saturated heterocycles. The number of hydrogen-bond acceptors (Lipinski definition) is 5. The van der Waals surface area contributed by atoms with Crippen LogP contribution in [0.25, 0.3) is 0 Å². The fourth-order valence-electron chi connectivity index (χ4n) is 1.55. The molecule has 0 unspecified atom stereocenters. The maximum absolute atomic E-state index is 10.8. The van der Waals surface area contributed by atoms with Crippen LogP contribution in [-0.2, 0) is 12.3 Å². The Bertz CT molecular complexity index is 563. The van der Waals surface area contributed by atoms with E-state index in [2.05, 4.69) is 23.9 Å². The van der Waals surface area contributed by atoms with Crippen LogP contribution >= 0.6 is 23.1 Å². The number of thiophene rings is 1. The first-order valence-corrected chi connectivity index (χ1v) is 7.74. The van der Waals surface area contributed by atoms with Crippen LogP contribution in [0.3, 0.4) is 0 Å². The van der Waals surface area contributed by atoms with Gasteiger partial charge in [0.25, 0.3) is 0 Å². The fourth-order valence-corrected chi connectivity index (χ4v) is 3.37. The molecule has 0 fully saturated rings. The van der Waals surface area contributed by atoms with Crippen LogP contribution in [0.4, 0.5) is 0 Å². The second kappa shape index (κ2) is 6.21. The second-order valence-electron chi connectivity index (χ2n) is 4.49. The third-order valence-corrected chi connectivity index (χ3v) is 4.43. The first kappa shape index (κ1) is 14.1. The highest BCUT2D eigenvalue weighted by Gasteiger charge is 2.10. The average Bonchev–Trinajstić information content (AvgIpc) is 2.94. The monoisotopic (exact) mass is 297 g/mol. The minimum atomic E-state index is -0.875. The van der Waals surface area contributed by atoms with Gasteiger partial charge in [0.15, 0.2) is 0 Å². The molecule has 2 aromatic rings. The number of carbonyl (C=O) groups is 1. The normalized spacial score (nSPS) is 11.1. The van der Waals surface area contributed by atoms with E-state index in [9.17, 15) is 4.79 Å². The summed E-state index contributed by atoms with van der Waals surface area (Å²) < 4.78 is 1.90. The molecule has 19 heavy (non-hydrogen) atoms. The summed E-state index contributed by atoms with van der Waals surface area (Å²) in [4.78, 5) is 16.4. The summed E-state index contributed by atoms with van der Waals surface area (Å²) in [5.41, 5.74) is 0. The zero-order chi connectivity index (χ0) is 13.8. The van der Waals surface area contributed by atoms with Crippen LogP contribution in [0.15, 0.2) is 22.7 Å². The van der Waals surface area contributed by atoms with Crippen LogP contribution < -0.4 is 0 Å². The van der Waals surface area contributed by atoms with Crippen molar-refractivity contribution in [2.24, 2.45) is 5.92 Å². The molecule has 0 aliphatic heterocycles. The zero-order valence-electron chi connectivity index (χ0n) is 10.7. The predicted molar refractivity (Wildman–Crippen MR) is 75.7 cm³/mol. The molecule has 0 saturated carbocycles. The average molecular weight is 297 g/mol. The Balaban J connectivity index is 1.98. The summed E-state index contributed by atoms with van der Waals surface area (Å²) in [6, 6.07) is 1.70. The van der Waals surface area contributed by atoms with Crippen LogP contribution in [0.1, 0.15) is 29.3 Å². The Labute approximate surface area is 119 Å². The largest absolute Gasteiger partial charge is 0.477 e. The third-order valence-electron chi connectivity index (χ3n) is 2.39. The number of nitrogens with zero attached hydrogens (tertiary/aromatic N) is 3. The highest BCUT2D eigenvalue weighted by Crippen LogP contribution is 2.27. The van der Waals surface area contributed by atoms with Crippen molar-refractivity contribution < 1.29 is 9.90 Å². The quantitative estimate of drug-likeness (QED) is 0.830. The molecule has 0 atom stereocenters. The highest BCUT2D eigenvalue weighted by molar-refractivity contribution is 7.98. The number of carboxylic acid groups (broad SMARTS) is 1. The minimum Gasteiger partial charge on any atom is -0.477 e. The number of aromatic carboxylic acids is 1. The van der Waals surface area contributed by atoms with E-state index in [4.69, 9.17) is 5.11 Å². The topological polar surface area (TPSA) is 68.0 Å². The van der Waals surface area contributed by atoms with Gasteiger partial charge in [-0.25, -0.2) is 14.5 Å². The van der Waals surface area contributed by atoms with Crippen molar-refractivity contribution in [2.45, 2.75) is 31.0 Å². The van der Waals surface area contributed by atoms with Crippen molar-refractivity contribution >= 4 is 29.1 Å². The van der Waals surface area contributed by atoms with E-state index in [1.165, 1.54) is 11.3 Å². The van der Waals surface area contributed by atoms with E-state index in [1.54, 1.807) is 24.2 Å². The SMILES string of the molecule is CC(C)Cn1ncnc1CSc1csc(C(=O)O)c1. The second-order valence-corrected chi connectivity index (χ2v) is 6.45.